The number of nitrogens with one attached hydrogen (secondary N) is 1. The van der Waals surface area contributed by atoms with Gasteiger partial charge in [0.15, 0.2) is 5.76 Å². The van der Waals surface area contributed by atoms with Crippen molar-refractivity contribution in [3.63, 3.8) is 0 Å². The fourth-order valence-electron chi connectivity index (χ4n) is 2.26. The van der Waals surface area contributed by atoms with Crippen LogP contribution in [0.3, 0.4) is 0 Å². The van der Waals surface area contributed by atoms with Gasteiger partial charge in [-0.1, -0.05) is 11.6 Å². The van der Waals surface area contributed by atoms with E-state index < -0.39 is 0 Å². The molecule has 3 rings (SSSR count). The van der Waals surface area contributed by atoms with Gasteiger partial charge in [-0.25, -0.2) is 4.98 Å². The van der Waals surface area contributed by atoms with E-state index in [1.165, 1.54) is 0 Å². The Bertz CT molecular complexity index is 844. The van der Waals surface area contributed by atoms with Gasteiger partial charge >= 0.3 is 0 Å². The van der Waals surface area contributed by atoms with Crippen molar-refractivity contribution in [1.82, 2.24) is 10.3 Å². The van der Waals surface area contributed by atoms with Gasteiger partial charge < -0.3 is 14.2 Å². The Morgan fingerprint density at radius 3 is 2.73 bits per heavy atom. The first kappa shape index (κ1) is 14.7. The largest absolute Gasteiger partial charge is 0.451 e. The standard InChI is InChI=1S/C16H15ClN2O3/c1-8-12-6-11(17)4-5-13(12)22-15(8)16(20)18-7-14-19-9(2)10(3)21-14/h4-6H,7H2,1-3H3,(H,18,20). The van der Waals surface area contributed by atoms with E-state index in [0.29, 0.717) is 16.5 Å². The fraction of sp³-hybridized carbons (Fsp3) is 0.250. The van der Waals surface area contributed by atoms with Crippen LogP contribution in [-0.4, -0.2) is 10.9 Å². The molecule has 2 heterocycles. The Kier molecular flexibility index (Phi) is 3.66. The summed E-state index contributed by atoms with van der Waals surface area (Å²) in [7, 11) is 0. The van der Waals surface area contributed by atoms with E-state index in [0.717, 1.165) is 22.4 Å². The Balaban J connectivity index is 1.81. The molecule has 0 radical (unpaired) electrons. The number of benzene rings is 1. The number of carbonyl (C=O) groups is 1. The van der Waals surface area contributed by atoms with E-state index >= 15 is 0 Å². The minimum absolute atomic E-state index is 0.213. The molecule has 0 aliphatic rings. The number of nitrogens with zero attached hydrogens (tertiary/aromatic N) is 1. The van der Waals surface area contributed by atoms with Crippen LogP contribution in [0.2, 0.25) is 5.02 Å². The van der Waals surface area contributed by atoms with E-state index in [-0.39, 0.29) is 18.2 Å². The van der Waals surface area contributed by atoms with Crippen LogP contribution in [0.4, 0.5) is 0 Å². The molecule has 0 spiro atoms. The number of fused-ring (bicyclic) bond motifs is 1. The SMILES string of the molecule is Cc1nc(CNC(=O)c2oc3ccc(Cl)cc3c2C)oc1C. The Morgan fingerprint density at radius 1 is 1.27 bits per heavy atom. The second-order valence-corrected chi connectivity index (χ2v) is 5.56. The highest BCUT2D eigenvalue weighted by molar-refractivity contribution is 6.31. The second kappa shape index (κ2) is 5.50. The zero-order valence-electron chi connectivity index (χ0n) is 12.5. The average molecular weight is 319 g/mol. The van der Waals surface area contributed by atoms with Gasteiger partial charge in [-0.2, -0.15) is 0 Å². The number of hydrogen-bond donors (Lipinski definition) is 1. The van der Waals surface area contributed by atoms with Gasteiger partial charge in [-0.15, -0.1) is 0 Å². The smallest absolute Gasteiger partial charge is 0.287 e. The minimum Gasteiger partial charge on any atom is -0.451 e. The number of carbonyl (C=O) groups excluding carboxylic acids is 1. The lowest BCUT2D eigenvalue weighted by Gasteiger charge is -2.00. The zero-order valence-corrected chi connectivity index (χ0v) is 13.2. The number of rotatable bonds is 3. The molecule has 1 N–H and O–H groups in total. The molecule has 1 amide bonds. The van der Waals surface area contributed by atoms with Gasteiger partial charge in [0.05, 0.1) is 12.2 Å². The maximum absolute atomic E-state index is 12.3. The molecular formula is C16H15ClN2O3. The van der Waals surface area contributed by atoms with Crippen LogP contribution in [0.15, 0.2) is 27.0 Å². The number of hydrogen-bond acceptors (Lipinski definition) is 4. The number of amides is 1. The zero-order chi connectivity index (χ0) is 15.9. The third-order valence-corrected chi connectivity index (χ3v) is 3.81. The molecule has 0 saturated carbocycles. The molecule has 0 bridgehead atoms. The van der Waals surface area contributed by atoms with Gasteiger partial charge in [0.1, 0.15) is 11.3 Å². The number of aryl methyl sites for hydroxylation is 3. The van der Waals surface area contributed by atoms with E-state index in [4.69, 9.17) is 20.4 Å². The summed E-state index contributed by atoms with van der Waals surface area (Å²) in [5.41, 5.74) is 2.21. The quantitative estimate of drug-likeness (QED) is 0.794. The average Bonchev–Trinajstić information content (AvgIpc) is 2.97. The summed E-state index contributed by atoms with van der Waals surface area (Å²) in [6.07, 6.45) is 0. The van der Waals surface area contributed by atoms with Gasteiger partial charge in [-0.05, 0) is 39.0 Å². The fourth-order valence-corrected chi connectivity index (χ4v) is 2.43. The number of furan rings is 1. The van der Waals surface area contributed by atoms with E-state index in [9.17, 15) is 4.79 Å². The Morgan fingerprint density at radius 2 is 2.05 bits per heavy atom. The van der Waals surface area contributed by atoms with E-state index in [1.807, 2.05) is 20.8 Å². The predicted octanol–water partition coefficient (Wildman–Crippen LogP) is 3.93. The van der Waals surface area contributed by atoms with Gasteiger partial charge in [0.25, 0.3) is 5.91 Å². The molecule has 0 saturated heterocycles. The molecule has 6 heteroatoms. The maximum atomic E-state index is 12.3. The third kappa shape index (κ3) is 2.60. The van der Waals surface area contributed by atoms with Crippen molar-refractivity contribution >= 4 is 28.5 Å². The first-order valence-electron chi connectivity index (χ1n) is 6.85. The summed E-state index contributed by atoms with van der Waals surface area (Å²) in [5.74, 6) is 1.19. The van der Waals surface area contributed by atoms with Gasteiger partial charge in [0.2, 0.25) is 5.89 Å². The van der Waals surface area contributed by atoms with Crippen LogP contribution in [0.5, 0.6) is 0 Å². The summed E-state index contributed by atoms with van der Waals surface area (Å²) in [4.78, 5) is 16.5. The van der Waals surface area contributed by atoms with E-state index in [2.05, 4.69) is 10.3 Å². The summed E-state index contributed by atoms with van der Waals surface area (Å²) < 4.78 is 11.0. The molecule has 0 unspecified atom stereocenters. The second-order valence-electron chi connectivity index (χ2n) is 5.13. The van der Waals surface area contributed by atoms with Crippen molar-refractivity contribution in [2.75, 3.05) is 0 Å². The summed E-state index contributed by atoms with van der Waals surface area (Å²) >= 11 is 5.97. The minimum atomic E-state index is -0.307. The first-order valence-corrected chi connectivity index (χ1v) is 7.23. The molecule has 0 fully saturated rings. The molecule has 0 atom stereocenters. The van der Waals surface area contributed by atoms with Crippen molar-refractivity contribution in [2.24, 2.45) is 0 Å². The number of halogens is 1. The number of aromatic nitrogens is 1. The molecule has 0 aliphatic carbocycles. The van der Waals surface area contributed by atoms with Gasteiger partial charge in [-0.3, -0.25) is 4.79 Å². The highest BCUT2D eigenvalue weighted by Gasteiger charge is 2.18. The normalized spacial score (nSPS) is 11.1. The van der Waals surface area contributed by atoms with Crippen molar-refractivity contribution < 1.29 is 13.6 Å². The molecule has 0 aliphatic heterocycles. The van der Waals surface area contributed by atoms with Crippen LogP contribution in [0.25, 0.3) is 11.0 Å². The summed E-state index contributed by atoms with van der Waals surface area (Å²) in [6.45, 7) is 5.74. The van der Waals surface area contributed by atoms with E-state index in [1.54, 1.807) is 18.2 Å². The number of oxazole rings is 1. The molecule has 114 valence electrons. The Labute approximate surface area is 132 Å². The highest BCUT2D eigenvalue weighted by atomic mass is 35.5. The van der Waals surface area contributed by atoms with Crippen LogP contribution >= 0.6 is 11.6 Å². The van der Waals surface area contributed by atoms with Crippen LogP contribution < -0.4 is 5.32 Å². The molecule has 1 aromatic carbocycles. The van der Waals surface area contributed by atoms with Crippen LogP contribution in [-0.2, 0) is 6.54 Å². The van der Waals surface area contributed by atoms with Crippen molar-refractivity contribution in [1.29, 1.82) is 0 Å². The molecule has 3 aromatic rings. The van der Waals surface area contributed by atoms with Crippen molar-refractivity contribution in [2.45, 2.75) is 27.3 Å². The monoisotopic (exact) mass is 318 g/mol. The topological polar surface area (TPSA) is 68.3 Å². The molecule has 5 nitrogen and oxygen atoms in total. The highest BCUT2D eigenvalue weighted by Crippen LogP contribution is 2.27. The lowest BCUT2D eigenvalue weighted by Crippen LogP contribution is -2.23. The summed E-state index contributed by atoms with van der Waals surface area (Å²) in [6, 6.07) is 5.27. The lowest BCUT2D eigenvalue weighted by molar-refractivity contribution is 0.0920. The van der Waals surface area contributed by atoms with Crippen molar-refractivity contribution in [3.8, 4) is 0 Å². The molecule has 22 heavy (non-hydrogen) atoms. The van der Waals surface area contributed by atoms with Gasteiger partial charge in [0, 0.05) is 16.0 Å². The van der Waals surface area contributed by atoms with Crippen LogP contribution in [0.1, 0.15) is 33.5 Å². The van der Waals surface area contributed by atoms with Crippen LogP contribution in [0, 0.1) is 20.8 Å². The first-order chi connectivity index (χ1) is 10.5. The Hall–Kier alpha value is -2.27. The third-order valence-electron chi connectivity index (χ3n) is 3.58. The predicted molar refractivity (Wildman–Crippen MR) is 83.1 cm³/mol. The van der Waals surface area contributed by atoms with Crippen molar-refractivity contribution in [3.05, 3.63) is 51.9 Å². The lowest BCUT2D eigenvalue weighted by atomic mass is 10.1. The summed E-state index contributed by atoms with van der Waals surface area (Å²) in [5, 5.41) is 4.19. The molecule has 2 aromatic heterocycles. The maximum Gasteiger partial charge on any atom is 0.287 e. The molecular weight excluding hydrogens is 304 g/mol.